The normalized spacial score (nSPS) is 13.1. The van der Waals surface area contributed by atoms with Gasteiger partial charge in [-0.05, 0) is 60.9 Å². The maximum absolute atomic E-state index is 12.8. The molecule has 0 atom stereocenters. The van der Waals surface area contributed by atoms with Crippen molar-refractivity contribution in [2.24, 2.45) is 0 Å². The van der Waals surface area contributed by atoms with E-state index in [0.29, 0.717) is 11.3 Å². The van der Waals surface area contributed by atoms with E-state index in [2.05, 4.69) is 10.0 Å². The SMILES string of the molecule is COC(=O)c1cc(C)c(C)cc1NS(=O)(=O)c1ccc2c(c1)CC(=O)N2. The van der Waals surface area contributed by atoms with Crippen molar-refractivity contribution < 1.29 is 22.7 Å². The lowest BCUT2D eigenvalue weighted by Gasteiger charge is -2.14. The number of aryl methyl sites for hydroxylation is 2. The van der Waals surface area contributed by atoms with Crippen LogP contribution < -0.4 is 10.0 Å². The molecule has 2 N–H and O–H groups in total. The molecular formula is C18H18N2O5S. The van der Waals surface area contributed by atoms with Crippen molar-refractivity contribution in [3.8, 4) is 0 Å². The summed E-state index contributed by atoms with van der Waals surface area (Å²) in [5, 5.41) is 2.66. The van der Waals surface area contributed by atoms with Gasteiger partial charge in [0.25, 0.3) is 10.0 Å². The quantitative estimate of drug-likeness (QED) is 0.800. The van der Waals surface area contributed by atoms with Crippen LogP contribution in [0.4, 0.5) is 11.4 Å². The fourth-order valence-electron chi connectivity index (χ4n) is 2.76. The van der Waals surface area contributed by atoms with Gasteiger partial charge in [0.15, 0.2) is 0 Å². The first kappa shape index (κ1) is 17.9. The van der Waals surface area contributed by atoms with Crippen LogP contribution >= 0.6 is 0 Å². The molecule has 136 valence electrons. The number of fused-ring (bicyclic) bond motifs is 1. The van der Waals surface area contributed by atoms with Gasteiger partial charge >= 0.3 is 5.97 Å². The molecule has 1 heterocycles. The van der Waals surface area contributed by atoms with Crippen LogP contribution in [0, 0.1) is 13.8 Å². The molecule has 1 aliphatic heterocycles. The Hall–Kier alpha value is -2.87. The average molecular weight is 374 g/mol. The van der Waals surface area contributed by atoms with Crippen molar-refractivity contribution in [2.45, 2.75) is 25.2 Å². The number of carbonyl (C=O) groups excluding carboxylic acids is 2. The summed E-state index contributed by atoms with van der Waals surface area (Å²) in [5.74, 6) is -0.806. The second kappa shape index (κ2) is 6.45. The van der Waals surface area contributed by atoms with Gasteiger partial charge in [-0.3, -0.25) is 9.52 Å². The van der Waals surface area contributed by atoms with Gasteiger partial charge in [0.05, 0.1) is 29.7 Å². The summed E-state index contributed by atoms with van der Waals surface area (Å²) < 4.78 is 32.7. The summed E-state index contributed by atoms with van der Waals surface area (Å²) in [6, 6.07) is 7.60. The molecule has 26 heavy (non-hydrogen) atoms. The van der Waals surface area contributed by atoms with Crippen LogP contribution in [0.3, 0.4) is 0 Å². The second-order valence-electron chi connectivity index (χ2n) is 6.12. The largest absolute Gasteiger partial charge is 0.465 e. The molecule has 0 radical (unpaired) electrons. The maximum Gasteiger partial charge on any atom is 0.340 e. The number of benzene rings is 2. The Kier molecular flexibility index (Phi) is 4.45. The minimum atomic E-state index is -3.94. The predicted octanol–water partition coefficient (Wildman–Crippen LogP) is 2.39. The fraction of sp³-hybridized carbons (Fsp3) is 0.222. The zero-order chi connectivity index (χ0) is 19.1. The lowest BCUT2D eigenvalue weighted by Crippen LogP contribution is -2.17. The predicted molar refractivity (Wildman–Crippen MR) is 96.8 cm³/mol. The smallest absolute Gasteiger partial charge is 0.340 e. The average Bonchev–Trinajstić information content (AvgIpc) is 2.96. The molecular weight excluding hydrogens is 356 g/mol. The number of hydrogen-bond donors (Lipinski definition) is 2. The van der Waals surface area contributed by atoms with E-state index < -0.39 is 16.0 Å². The molecule has 0 fully saturated rings. The van der Waals surface area contributed by atoms with E-state index in [4.69, 9.17) is 4.74 Å². The third-order valence-electron chi connectivity index (χ3n) is 4.30. The van der Waals surface area contributed by atoms with Crippen LogP contribution in [0.5, 0.6) is 0 Å². The molecule has 0 spiro atoms. The van der Waals surface area contributed by atoms with Gasteiger partial charge < -0.3 is 10.1 Å². The Morgan fingerprint density at radius 1 is 1.15 bits per heavy atom. The molecule has 1 aliphatic rings. The third-order valence-corrected chi connectivity index (χ3v) is 5.66. The Balaban J connectivity index is 2.01. The minimum absolute atomic E-state index is 0.0155. The van der Waals surface area contributed by atoms with Crippen molar-refractivity contribution in [3.63, 3.8) is 0 Å². The van der Waals surface area contributed by atoms with E-state index in [1.165, 1.54) is 19.2 Å². The van der Waals surface area contributed by atoms with Crippen molar-refractivity contribution in [2.75, 3.05) is 17.1 Å². The van der Waals surface area contributed by atoms with Crippen LogP contribution in [0.15, 0.2) is 35.2 Å². The molecule has 7 nitrogen and oxygen atoms in total. The van der Waals surface area contributed by atoms with Crippen LogP contribution in [0.25, 0.3) is 0 Å². The molecule has 1 amide bonds. The minimum Gasteiger partial charge on any atom is -0.465 e. The van der Waals surface area contributed by atoms with Crippen molar-refractivity contribution in [1.82, 2.24) is 0 Å². The van der Waals surface area contributed by atoms with Gasteiger partial charge in [0.2, 0.25) is 5.91 Å². The summed E-state index contributed by atoms with van der Waals surface area (Å²) in [5.41, 5.74) is 3.18. The topological polar surface area (TPSA) is 102 Å². The zero-order valence-corrected chi connectivity index (χ0v) is 15.4. The number of methoxy groups -OCH3 is 1. The molecule has 2 aromatic carbocycles. The van der Waals surface area contributed by atoms with E-state index >= 15 is 0 Å². The first-order chi connectivity index (χ1) is 12.2. The maximum atomic E-state index is 12.8. The first-order valence-electron chi connectivity index (χ1n) is 7.86. The molecule has 8 heteroatoms. The third kappa shape index (κ3) is 3.28. The van der Waals surface area contributed by atoms with E-state index in [1.54, 1.807) is 18.2 Å². The number of amides is 1. The van der Waals surface area contributed by atoms with E-state index in [0.717, 1.165) is 11.1 Å². The van der Waals surface area contributed by atoms with Gasteiger partial charge in [-0.15, -0.1) is 0 Å². The van der Waals surface area contributed by atoms with E-state index in [-0.39, 0.29) is 28.5 Å². The van der Waals surface area contributed by atoms with Gasteiger partial charge in [-0.2, -0.15) is 0 Å². The number of hydrogen-bond acceptors (Lipinski definition) is 5. The van der Waals surface area contributed by atoms with E-state index in [1.807, 2.05) is 13.8 Å². The number of rotatable bonds is 4. The highest BCUT2D eigenvalue weighted by atomic mass is 32.2. The van der Waals surface area contributed by atoms with Crippen LogP contribution in [0.2, 0.25) is 0 Å². The number of carbonyl (C=O) groups is 2. The van der Waals surface area contributed by atoms with E-state index in [9.17, 15) is 18.0 Å². The number of esters is 1. The summed E-state index contributed by atoms with van der Waals surface area (Å²) in [4.78, 5) is 23.5. The van der Waals surface area contributed by atoms with Crippen molar-refractivity contribution >= 4 is 33.3 Å². The highest BCUT2D eigenvalue weighted by molar-refractivity contribution is 7.92. The Labute approximate surface area is 151 Å². The van der Waals surface area contributed by atoms with Crippen LogP contribution in [-0.2, 0) is 26.0 Å². The summed E-state index contributed by atoms with van der Waals surface area (Å²) in [6.45, 7) is 3.64. The van der Waals surface area contributed by atoms with Crippen molar-refractivity contribution in [1.29, 1.82) is 0 Å². The van der Waals surface area contributed by atoms with Gasteiger partial charge in [0, 0.05) is 5.69 Å². The molecule has 0 aromatic heterocycles. The number of anilines is 2. The Morgan fingerprint density at radius 2 is 1.85 bits per heavy atom. The summed E-state index contributed by atoms with van der Waals surface area (Å²) >= 11 is 0. The number of ether oxygens (including phenoxy) is 1. The second-order valence-corrected chi connectivity index (χ2v) is 7.81. The molecule has 0 saturated heterocycles. The Bertz CT molecular complexity index is 1030. The summed E-state index contributed by atoms with van der Waals surface area (Å²) in [6.07, 6.45) is 0.135. The lowest BCUT2D eigenvalue weighted by atomic mass is 10.0. The molecule has 0 saturated carbocycles. The van der Waals surface area contributed by atoms with Gasteiger partial charge in [0.1, 0.15) is 0 Å². The first-order valence-corrected chi connectivity index (χ1v) is 9.35. The number of nitrogens with one attached hydrogen (secondary N) is 2. The highest BCUT2D eigenvalue weighted by Gasteiger charge is 2.24. The lowest BCUT2D eigenvalue weighted by molar-refractivity contribution is -0.115. The van der Waals surface area contributed by atoms with Crippen LogP contribution in [-0.4, -0.2) is 27.4 Å². The van der Waals surface area contributed by atoms with Crippen LogP contribution in [0.1, 0.15) is 27.0 Å². The molecule has 0 unspecified atom stereocenters. The van der Waals surface area contributed by atoms with Gasteiger partial charge in [-0.1, -0.05) is 0 Å². The highest BCUT2D eigenvalue weighted by Crippen LogP contribution is 2.28. The molecule has 3 rings (SSSR count). The zero-order valence-electron chi connectivity index (χ0n) is 14.5. The number of sulfonamides is 1. The summed E-state index contributed by atoms with van der Waals surface area (Å²) in [7, 11) is -2.71. The standard InChI is InChI=1S/C18H18N2O5S/c1-10-6-14(18(22)25-3)16(7-11(10)2)20-26(23,24)13-4-5-15-12(8-13)9-17(21)19-15/h4-8,20H,9H2,1-3H3,(H,19,21). The van der Waals surface area contributed by atoms with Gasteiger partial charge in [-0.25, -0.2) is 13.2 Å². The monoisotopic (exact) mass is 374 g/mol. The fourth-order valence-corrected chi connectivity index (χ4v) is 3.88. The molecule has 2 aromatic rings. The Morgan fingerprint density at radius 3 is 2.54 bits per heavy atom. The molecule has 0 bridgehead atoms. The van der Waals surface area contributed by atoms with Crippen molar-refractivity contribution in [3.05, 3.63) is 52.6 Å². The molecule has 0 aliphatic carbocycles.